The van der Waals surface area contributed by atoms with Gasteiger partial charge in [0.25, 0.3) is 20.0 Å². The molecule has 0 radical (unpaired) electrons. The van der Waals surface area contributed by atoms with E-state index in [1.807, 2.05) is 80.8 Å². The number of carbonyl (C=O) groups is 1. The number of hydrogen-bond donors (Lipinski definition) is 4. The molecule has 0 saturated heterocycles. The number of hydrogen-bond acceptors (Lipinski definition) is 11. The summed E-state index contributed by atoms with van der Waals surface area (Å²) in [7, 11) is -3.57. The van der Waals surface area contributed by atoms with E-state index in [1.54, 1.807) is 29.2 Å². The molecule has 0 spiro atoms. The number of amides is 2. The van der Waals surface area contributed by atoms with Crippen molar-refractivity contribution in [1.82, 2.24) is 18.8 Å². The highest BCUT2D eigenvalue weighted by molar-refractivity contribution is 7.90. The van der Waals surface area contributed by atoms with E-state index in [2.05, 4.69) is 25.5 Å². The summed E-state index contributed by atoms with van der Waals surface area (Å²) >= 11 is 0. The number of aliphatic imine (C=N–C) groups is 2. The van der Waals surface area contributed by atoms with Crippen LogP contribution in [0.2, 0.25) is 0 Å². The average molecular weight is 813 g/mol. The first-order chi connectivity index (χ1) is 27.3. The van der Waals surface area contributed by atoms with Crippen LogP contribution in [0, 0.1) is 0 Å². The van der Waals surface area contributed by atoms with Gasteiger partial charge < -0.3 is 27.0 Å². The van der Waals surface area contributed by atoms with Gasteiger partial charge in [-0.3, -0.25) is 4.90 Å². The lowest BCUT2D eigenvalue weighted by atomic mass is 10.1. The van der Waals surface area contributed by atoms with Gasteiger partial charge >= 0.3 is 6.03 Å². The van der Waals surface area contributed by atoms with Crippen molar-refractivity contribution in [1.29, 1.82) is 0 Å². The van der Waals surface area contributed by atoms with E-state index < -0.39 is 20.0 Å². The molecule has 0 fully saturated rings. The Bertz CT molecular complexity index is 2390. The fourth-order valence-electron chi connectivity index (χ4n) is 7.32. The zero-order valence-corrected chi connectivity index (χ0v) is 33.6. The molecule has 57 heavy (non-hydrogen) atoms. The van der Waals surface area contributed by atoms with Gasteiger partial charge in [0.2, 0.25) is 11.9 Å². The van der Waals surface area contributed by atoms with Crippen molar-refractivity contribution >= 4 is 49.4 Å². The van der Waals surface area contributed by atoms with E-state index in [0.717, 1.165) is 63.9 Å². The summed E-state index contributed by atoms with van der Waals surface area (Å²) in [5, 5.41) is 6.17. The van der Waals surface area contributed by atoms with Gasteiger partial charge in [0.15, 0.2) is 0 Å². The number of guanidine groups is 2. The molecule has 0 unspecified atom stereocenters. The number of nitrogens with one attached hydrogen (secondary N) is 2. The molecule has 300 valence electrons. The van der Waals surface area contributed by atoms with E-state index in [9.17, 15) is 21.6 Å². The highest BCUT2D eigenvalue weighted by Gasteiger charge is 2.37. The normalized spacial score (nSPS) is 18.7. The van der Waals surface area contributed by atoms with Crippen molar-refractivity contribution in [3.05, 3.63) is 119 Å². The molecule has 2 amide bonds. The van der Waals surface area contributed by atoms with Crippen LogP contribution in [-0.4, -0.2) is 102 Å². The van der Waals surface area contributed by atoms with Gasteiger partial charge in [-0.15, -0.1) is 0 Å². The van der Waals surface area contributed by atoms with E-state index in [-0.39, 0.29) is 52.9 Å². The van der Waals surface area contributed by atoms with Crippen LogP contribution in [0.3, 0.4) is 0 Å². The van der Waals surface area contributed by atoms with Crippen molar-refractivity contribution in [2.24, 2.45) is 21.5 Å². The third-order valence-corrected chi connectivity index (χ3v) is 13.9. The molecule has 6 N–H and O–H groups in total. The SMILES string of the molecule is CN(C)CCCNC(=O)N1CCc2cc(S(=O)(=O)N3C[C@H](c4ccccc4)N=C3N)ccc21.NC1=N[C@@H](c2ccccc2)CN1S(=O)(=O)c1ccc2c(c1)CCN2. The largest absolute Gasteiger partial charge is 0.384 e. The van der Waals surface area contributed by atoms with Crippen LogP contribution >= 0.6 is 0 Å². The maximum Gasteiger partial charge on any atom is 0.321 e. The fraction of sp³-hybridized carbons (Fsp3) is 0.325. The molecule has 17 heteroatoms. The predicted octanol–water partition coefficient (Wildman–Crippen LogP) is 3.49. The van der Waals surface area contributed by atoms with Crippen molar-refractivity contribution in [3.63, 3.8) is 0 Å². The van der Waals surface area contributed by atoms with Gasteiger partial charge in [0, 0.05) is 31.0 Å². The van der Waals surface area contributed by atoms with Crippen LogP contribution in [0.25, 0.3) is 0 Å². The summed E-state index contributed by atoms with van der Waals surface area (Å²) in [6, 6.07) is 28.4. The molecule has 2 atom stereocenters. The summed E-state index contributed by atoms with van der Waals surface area (Å²) in [6.07, 6.45) is 2.29. The van der Waals surface area contributed by atoms with E-state index in [1.165, 1.54) is 10.4 Å². The smallest absolute Gasteiger partial charge is 0.321 e. The van der Waals surface area contributed by atoms with E-state index in [4.69, 9.17) is 11.5 Å². The first kappa shape index (κ1) is 39.6. The van der Waals surface area contributed by atoms with Gasteiger partial charge in [-0.1, -0.05) is 60.7 Å². The number of nitrogens with two attached hydrogens (primary N) is 2. The van der Waals surface area contributed by atoms with Gasteiger partial charge in [-0.2, -0.15) is 0 Å². The second-order valence-corrected chi connectivity index (χ2v) is 18.2. The zero-order valence-electron chi connectivity index (χ0n) is 32.0. The Kier molecular flexibility index (Phi) is 11.4. The minimum atomic E-state index is -3.86. The van der Waals surface area contributed by atoms with Gasteiger partial charge in [0.05, 0.1) is 35.0 Å². The Morgan fingerprint density at radius 1 is 0.772 bits per heavy atom. The van der Waals surface area contributed by atoms with Gasteiger partial charge in [-0.25, -0.2) is 40.2 Å². The molecular weight excluding hydrogens is 765 g/mol. The number of sulfonamides is 2. The molecule has 0 saturated carbocycles. The van der Waals surface area contributed by atoms with Crippen LogP contribution in [0.1, 0.15) is 40.8 Å². The summed E-state index contributed by atoms with van der Waals surface area (Å²) < 4.78 is 55.0. The maximum atomic E-state index is 13.3. The Labute approximate surface area is 334 Å². The molecule has 0 aromatic heterocycles. The summed E-state index contributed by atoms with van der Waals surface area (Å²) in [4.78, 5) is 25.4. The molecule has 4 aliphatic heterocycles. The average Bonchev–Trinajstić information content (AvgIpc) is 4.03. The van der Waals surface area contributed by atoms with Gasteiger partial charge in [-0.05, 0) is 98.6 Å². The quantitative estimate of drug-likeness (QED) is 0.173. The number of anilines is 2. The second kappa shape index (κ2) is 16.4. The van der Waals surface area contributed by atoms with Crippen LogP contribution < -0.4 is 27.0 Å². The monoisotopic (exact) mass is 812 g/mol. The number of nitrogens with zero attached hydrogens (tertiary/aromatic N) is 6. The molecule has 0 aliphatic carbocycles. The molecule has 4 aliphatic rings. The first-order valence-corrected chi connectivity index (χ1v) is 21.7. The molecule has 8 rings (SSSR count). The molecule has 4 aromatic rings. The molecule has 4 aromatic carbocycles. The minimum absolute atomic E-state index is 0.0110. The lowest BCUT2D eigenvalue weighted by Crippen LogP contribution is -2.40. The summed E-state index contributed by atoms with van der Waals surface area (Å²) in [5.41, 5.74) is 17.4. The van der Waals surface area contributed by atoms with Crippen LogP contribution in [0.5, 0.6) is 0 Å². The zero-order chi connectivity index (χ0) is 40.3. The number of carbonyl (C=O) groups excluding carboxylic acids is 1. The molecule has 4 heterocycles. The summed E-state index contributed by atoms with van der Waals surface area (Å²) in [6.45, 7) is 3.23. The third kappa shape index (κ3) is 8.40. The molecule has 0 bridgehead atoms. The van der Waals surface area contributed by atoms with Crippen molar-refractivity contribution in [3.8, 4) is 0 Å². The standard InChI is InChI=1S/C23H30N6O3S.C17H18N4O2S/c1-27(2)13-6-12-25-23(30)28-14-11-18-15-19(9-10-21(18)28)33(31,32)29-16-20(26-22(29)24)17-7-4-3-5-8-17;18-17-20-16(12-4-2-1-3-5-12)11-21(17)24(22,23)14-6-7-15-13(10-14)8-9-19-15/h3-5,7-10,15,20H,6,11-14,16H2,1-2H3,(H2,24,26)(H,25,30);1-7,10,16,19H,8-9,11H2,(H2,18,20)/t20-;16-/m11/s1. The summed E-state index contributed by atoms with van der Waals surface area (Å²) in [5.74, 6) is 0.0329. The highest BCUT2D eigenvalue weighted by Crippen LogP contribution is 2.34. The Balaban J connectivity index is 0.000000183. The van der Waals surface area contributed by atoms with E-state index in [0.29, 0.717) is 19.5 Å². The van der Waals surface area contributed by atoms with E-state index >= 15 is 0 Å². The number of rotatable bonds is 10. The first-order valence-electron chi connectivity index (χ1n) is 18.8. The Hall–Kier alpha value is -5.65. The second-order valence-electron chi connectivity index (χ2n) is 14.5. The van der Waals surface area contributed by atoms with Crippen LogP contribution in [-0.2, 0) is 32.9 Å². The maximum absolute atomic E-state index is 13.3. The fourth-order valence-corrected chi connectivity index (χ4v) is 10.1. The minimum Gasteiger partial charge on any atom is -0.384 e. The lowest BCUT2D eigenvalue weighted by Gasteiger charge is -2.21. The third-order valence-electron chi connectivity index (χ3n) is 10.3. The Morgan fingerprint density at radius 2 is 1.32 bits per heavy atom. The van der Waals surface area contributed by atoms with Crippen LogP contribution in [0.4, 0.5) is 16.2 Å². The van der Waals surface area contributed by atoms with Gasteiger partial charge in [0.1, 0.15) is 0 Å². The van der Waals surface area contributed by atoms with Crippen molar-refractivity contribution in [2.45, 2.75) is 41.1 Å². The molecular formula is C40H48N10O5S2. The van der Waals surface area contributed by atoms with Crippen molar-refractivity contribution < 1.29 is 21.6 Å². The number of benzene rings is 4. The predicted molar refractivity (Wildman–Crippen MR) is 222 cm³/mol. The lowest BCUT2D eigenvalue weighted by molar-refractivity contribution is 0.246. The topological polar surface area (TPSA) is 199 Å². The van der Waals surface area contributed by atoms with Crippen molar-refractivity contribution in [2.75, 3.05) is 63.6 Å². The highest BCUT2D eigenvalue weighted by atomic mass is 32.2. The molecule has 15 nitrogen and oxygen atoms in total. The Morgan fingerprint density at radius 3 is 1.88 bits per heavy atom. The number of fused-ring (bicyclic) bond motifs is 2. The number of urea groups is 1. The van der Waals surface area contributed by atoms with Crippen LogP contribution in [0.15, 0.2) is 117 Å².